The third-order valence-corrected chi connectivity index (χ3v) is 4.61. The normalized spacial score (nSPS) is 20.5. The predicted octanol–water partition coefficient (Wildman–Crippen LogP) is 1.73. The van der Waals surface area contributed by atoms with Gasteiger partial charge < -0.3 is 15.4 Å². The number of primary amides is 1. The van der Waals surface area contributed by atoms with Crippen LogP contribution in [0.1, 0.15) is 29.6 Å². The second-order valence-electron chi connectivity index (χ2n) is 6.27. The van der Waals surface area contributed by atoms with Crippen LogP contribution in [0, 0.1) is 0 Å². The zero-order chi connectivity index (χ0) is 17.2. The average molecular weight is 327 g/mol. The van der Waals surface area contributed by atoms with Gasteiger partial charge in [-0.2, -0.15) is 0 Å². The third kappa shape index (κ3) is 2.97. The number of carbonyl (C=O) groups is 2. The standard InChI is InChI=1S/C18H21N3O3/c1-24-12-18(11-16(19)22)7-3-9-21(18)17(23)14-5-6-15-13(10-14)4-2-8-20-15/h2,4-6,8,10H,3,7,9,11-12H2,1H3,(H2,19,22)/t18-/m1/s1. The van der Waals surface area contributed by atoms with Crippen LogP contribution >= 0.6 is 0 Å². The minimum atomic E-state index is -0.651. The molecule has 6 nitrogen and oxygen atoms in total. The summed E-state index contributed by atoms with van der Waals surface area (Å²) in [7, 11) is 1.57. The van der Waals surface area contributed by atoms with Gasteiger partial charge in [0, 0.05) is 30.8 Å². The number of hydrogen-bond acceptors (Lipinski definition) is 4. The molecule has 2 amide bonds. The van der Waals surface area contributed by atoms with Gasteiger partial charge in [-0.1, -0.05) is 6.07 Å². The van der Waals surface area contributed by atoms with Gasteiger partial charge in [0.1, 0.15) is 0 Å². The lowest BCUT2D eigenvalue weighted by molar-refractivity contribution is -0.121. The molecule has 2 N–H and O–H groups in total. The van der Waals surface area contributed by atoms with E-state index in [4.69, 9.17) is 10.5 Å². The number of likely N-dealkylation sites (tertiary alicyclic amines) is 1. The smallest absolute Gasteiger partial charge is 0.254 e. The highest BCUT2D eigenvalue weighted by Gasteiger charge is 2.45. The van der Waals surface area contributed by atoms with E-state index in [2.05, 4.69) is 4.98 Å². The van der Waals surface area contributed by atoms with Crippen molar-refractivity contribution in [3.05, 3.63) is 42.1 Å². The highest BCUT2D eigenvalue weighted by atomic mass is 16.5. The Balaban J connectivity index is 1.94. The summed E-state index contributed by atoms with van der Waals surface area (Å²) in [5.74, 6) is -0.522. The lowest BCUT2D eigenvalue weighted by atomic mass is 9.91. The number of nitrogens with two attached hydrogens (primary N) is 1. The molecule has 6 heteroatoms. The van der Waals surface area contributed by atoms with Crippen molar-refractivity contribution in [2.45, 2.75) is 24.8 Å². The molecule has 1 atom stereocenters. The Morgan fingerprint density at radius 2 is 2.21 bits per heavy atom. The van der Waals surface area contributed by atoms with Crippen LogP contribution < -0.4 is 5.73 Å². The van der Waals surface area contributed by atoms with E-state index in [-0.39, 0.29) is 12.3 Å². The van der Waals surface area contributed by atoms with E-state index in [0.29, 0.717) is 25.1 Å². The largest absolute Gasteiger partial charge is 0.382 e. The Kier molecular flexibility index (Phi) is 4.49. The first-order valence-corrected chi connectivity index (χ1v) is 8.00. The second-order valence-corrected chi connectivity index (χ2v) is 6.27. The van der Waals surface area contributed by atoms with Gasteiger partial charge in [0.25, 0.3) is 5.91 Å². The molecule has 1 aliphatic heterocycles. The third-order valence-electron chi connectivity index (χ3n) is 4.61. The maximum atomic E-state index is 13.1. The summed E-state index contributed by atoms with van der Waals surface area (Å²) in [6, 6.07) is 9.22. The molecule has 0 radical (unpaired) electrons. The molecule has 1 aliphatic rings. The Hall–Kier alpha value is -2.47. The van der Waals surface area contributed by atoms with Gasteiger partial charge in [-0.3, -0.25) is 14.6 Å². The first kappa shape index (κ1) is 16.4. The SMILES string of the molecule is COC[C@]1(CC(N)=O)CCCN1C(=O)c1ccc2ncccc2c1. The number of benzene rings is 1. The van der Waals surface area contributed by atoms with E-state index in [1.165, 1.54) is 0 Å². The van der Waals surface area contributed by atoms with Gasteiger partial charge in [-0.15, -0.1) is 0 Å². The van der Waals surface area contributed by atoms with Crippen molar-refractivity contribution in [2.24, 2.45) is 5.73 Å². The maximum Gasteiger partial charge on any atom is 0.254 e. The minimum absolute atomic E-state index is 0.100. The number of methoxy groups -OCH3 is 1. The van der Waals surface area contributed by atoms with Crippen molar-refractivity contribution in [1.29, 1.82) is 0 Å². The zero-order valence-corrected chi connectivity index (χ0v) is 13.7. The van der Waals surface area contributed by atoms with E-state index >= 15 is 0 Å². The molecule has 3 rings (SSSR count). The number of aromatic nitrogens is 1. The lowest BCUT2D eigenvalue weighted by Crippen LogP contribution is -2.52. The number of hydrogen-bond donors (Lipinski definition) is 1. The molecule has 1 fully saturated rings. The van der Waals surface area contributed by atoms with E-state index in [1.54, 1.807) is 24.3 Å². The molecule has 0 spiro atoms. The van der Waals surface area contributed by atoms with E-state index in [0.717, 1.165) is 17.3 Å². The zero-order valence-electron chi connectivity index (χ0n) is 13.7. The molecule has 2 aromatic rings. The van der Waals surface area contributed by atoms with Crippen molar-refractivity contribution < 1.29 is 14.3 Å². The Labute approximate surface area is 140 Å². The Morgan fingerprint density at radius 1 is 1.38 bits per heavy atom. The van der Waals surface area contributed by atoms with Gasteiger partial charge in [0.05, 0.1) is 24.1 Å². The number of nitrogens with zero attached hydrogens (tertiary/aromatic N) is 2. The molecule has 1 saturated heterocycles. The number of carbonyl (C=O) groups excluding carboxylic acids is 2. The summed E-state index contributed by atoms with van der Waals surface area (Å²) in [5, 5.41) is 0.912. The fraction of sp³-hybridized carbons (Fsp3) is 0.389. The summed E-state index contributed by atoms with van der Waals surface area (Å²) >= 11 is 0. The molecule has 0 unspecified atom stereocenters. The van der Waals surface area contributed by atoms with Crippen LogP contribution in [0.25, 0.3) is 10.9 Å². The van der Waals surface area contributed by atoms with E-state index in [9.17, 15) is 9.59 Å². The molecule has 24 heavy (non-hydrogen) atoms. The number of fused-ring (bicyclic) bond motifs is 1. The van der Waals surface area contributed by atoms with Crippen LogP contribution in [-0.4, -0.2) is 47.5 Å². The molecule has 1 aromatic heterocycles. The minimum Gasteiger partial charge on any atom is -0.382 e. The second kappa shape index (κ2) is 6.57. The summed E-state index contributed by atoms with van der Waals surface area (Å²) in [6.07, 6.45) is 3.38. The van der Waals surface area contributed by atoms with Gasteiger partial charge >= 0.3 is 0 Å². The Bertz CT molecular complexity index is 777. The van der Waals surface area contributed by atoms with Crippen molar-refractivity contribution in [1.82, 2.24) is 9.88 Å². The molecular formula is C18H21N3O3. The fourth-order valence-corrected chi connectivity index (χ4v) is 3.60. The molecule has 0 aliphatic carbocycles. The van der Waals surface area contributed by atoms with Crippen molar-refractivity contribution in [3.8, 4) is 0 Å². The summed E-state index contributed by atoms with van der Waals surface area (Å²) in [6.45, 7) is 0.900. The predicted molar refractivity (Wildman–Crippen MR) is 90.4 cm³/mol. The first-order valence-electron chi connectivity index (χ1n) is 8.00. The van der Waals surface area contributed by atoms with Gasteiger partial charge in [0.2, 0.25) is 5.91 Å². The molecule has 2 heterocycles. The van der Waals surface area contributed by atoms with Crippen LogP contribution in [0.5, 0.6) is 0 Å². The molecule has 1 aromatic carbocycles. The fourth-order valence-electron chi connectivity index (χ4n) is 3.60. The number of rotatable bonds is 5. The van der Waals surface area contributed by atoms with Gasteiger partial charge in [-0.25, -0.2) is 0 Å². The maximum absolute atomic E-state index is 13.1. The molecular weight excluding hydrogens is 306 g/mol. The monoisotopic (exact) mass is 327 g/mol. The highest BCUT2D eigenvalue weighted by molar-refractivity contribution is 5.98. The van der Waals surface area contributed by atoms with E-state index < -0.39 is 11.4 Å². The van der Waals surface area contributed by atoms with Crippen LogP contribution in [0.15, 0.2) is 36.5 Å². The average Bonchev–Trinajstić information content (AvgIpc) is 2.96. The van der Waals surface area contributed by atoms with Crippen molar-refractivity contribution >= 4 is 22.7 Å². The van der Waals surface area contributed by atoms with Crippen molar-refractivity contribution in [3.63, 3.8) is 0 Å². The number of pyridine rings is 1. The summed E-state index contributed by atoms with van der Waals surface area (Å²) < 4.78 is 5.30. The molecule has 0 saturated carbocycles. The Morgan fingerprint density at radius 3 is 2.96 bits per heavy atom. The quantitative estimate of drug-likeness (QED) is 0.906. The number of ether oxygens (including phenoxy) is 1. The van der Waals surface area contributed by atoms with Gasteiger partial charge in [-0.05, 0) is 37.1 Å². The lowest BCUT2D eigenvalue weighted by Gasteiger charge is -2.37. The summed E-state index contributed by atoms with van der Waals surface area (Å²) in [4.78, 5) is 30.6. The van der Waals surface area contributed by atoms with Crippen LogP contribution in [0.4, 0.5) is 0 Å². The number of amides is 2. The van der Waals surface area contributed by atoms with Crippen molar-refractivity contribution in [2.75, 3.05) is 20.3 Å². The first-order chi connectivity index (χ1) is 11.6. The summed E-state index contributed by atoms with van der Waals surface area (Å²) in [5.41, 5.74) is 6.20. The van der Waals surface area contributed by atoms with Crippen LogP contribution in [0.3, 0.4) is 0 Å². The highest BCUT2D eigenvalue weighted by Crippen LogP contribution is 2.34. The van der Waals surface area contributed by atoms with E-state index in [1.807, 2.05) is 24.3 Å². The molecule has 0 bridgehead atoms. The topological polar surface area (TPSA) is 85.5 Å². The molecule has 126 valence electrons. The van der Waals surface area contributed by atoms with Crippen LogP contribution in [0.2, 0.25) is 0 Å². The van der Waals surface area contributed by atoms with Gasteiger partial charge in [0.15, 0.2) is 0 Å². The van der Waals surface area contributed by atoms with Crippen LogP contribution in [-0.2, 0) is 9.53 Å².